The molecule has 0 aliphatic carbocycles. The van der Waals surface area contributed by atoms with E-state index in [9.17, 15) is 4.79 Å². The summed E-state index contributed by atoms with van der Waals surface area (Å²) in [7, 11) is 1.38. The van der Waals surface area contributed by atoms with Gasteiger partial charge in [0.1, 0.15) is 5.82 Å². The zero-order chi connectivity index (χ0) is 15.4. The summed E-state index contributed by atoms with van der Waals surface area (Å²) in [5.74, 6) is 0.568. The minimum Gasteiger partial charge on any atom is -0.465 e. The van der Waals surface area contributed by atoms with Gasteiger partial charge in [-0.15, -0.1) is 0 Å². The van der Waals surface area contributed by atoms with Gasteiger partial charge in [0.05, 0.1) is 12.7 Å². The third-order valence-electron chi connectivity index (χ3n) is 3.66. The lowest BCUT2D eigenvalue weighted by molar-refractivity contribution is 0.0600. The Bertz CT molecular complexity index is 636. The normalized spacial score (nSPS) is 11.8. The lowest BCUT2D eigenvalue weighted by atomic mass is 10.1. The maximum atomic E-state index is 11.4. The smallest absolute Gasteiger partial charge is 0.337 e. The van der Waals surface area contributed by atoms with Crippen LogP contribution in [0.1, 0.15) is 40.0 Å². The standard InChI is InChI=1S/C17H20N2O2/c1-11-9-10-18-16(12(11)2)19-13(3)14-5-7-15(8-6-14)17(20)21-4/h5-10,13H,1-4H3,(H,18,19). The predicted octanol–water partition coefficient (Wildman–Crippen LogP) is 3.66. The number of rotatable bonds is 4. The summed E-state index contributed by atoms with van der Waals surface area (Å²) >= 11 is 0. The Kier molecular flexibility index (Phi) is 4.58. The van der Waals surface area contributed by atoms with Gasteiger partial charge in [0, 0.05) is 12.2 Å². The number of hydrogen-bond donors (Lipinski definition) is 1. The van der Waals surface area contributed by atoms with Crippen LogP contribution in [0.2, 0.25) is 0 Å². The molecule has 21 heavy (non-hydrogen) atoms. The first-order valence-corrected chi connectivity index (χ1v) is 6.90. The molecule has 1 aromatic carbocycles. The molecule has 4 nitrogen and oxygen atoms in total. The van der Waals surface area contributed by atoms with E-state index in [1.807, 2.05) is 18.2 Å². The summed E-state index contributed by atoms with van der Waals surface area (Å²) < 4.78 is 4.70. The Morgan fingerprint density at radius 1 is 1.19 bits per heavy atom. The molecule has 0 saturated carbocycles. The summed E-state index contributed by atoms with van der Waals surface area (Å²) in [6, 6.07) is 9.50. The molecule has 0 aliphatic rings. The van der Waals surface area contributed by atoms with Crippen LogP contribution in [0.15, 0.2) is 36.5 Å². The molecule has 0 fully saturated rings. The van der Waals surface area contributed by atoms with E-state index < -0.39 is 0 Å². The van der Waals surface area contributed by atoms with Gasteiger partial charge in [-0.05, 0) is 55.7 Å². The van der Waals surface area contributed by atoms with Crippen LogP contribution in [0.4, 0.5) is 5.82 Å². The second kappa shape index (κ2) is 6.39. The molecule has 1 aromatic heterocycles. The number of ether oxygens (including phenoxy) is 1. The van der Waals surface area contributed by atoms with E-state index in [-0.39, 0.29) is 12.0 Å². The molecule has 0 amide bonds. The number of esters is 1. The summed E-state index contributed by atoms with van der Waals surface area (Å²) in [5, 5.41) is 3.40. The van der Waals surface area contributed by atoms with Crippen molar-refractivity contribution in [3.63, 3.8) is 0 Å². The molecule has 0 bridgehead atoms. The fourth-order valence-electron chi connectivity index (χ4n) is 2.09. The van der Waals surface area contributed by atoms with Gasteiger partial charge in [-0.2, -0.15) is 0 Å². The summed E-state index contributed by atoms with van der Waals surface area (Å²) in [5.41, 5.74) is 4.00. The first kappa shape index (κ1) is 15.0. The van der Waals surface area contributed by atoms with Gasteiger partial charge < -0.3 is 10.1 Å². The number of anilines is 1. The number of nitrogens with one attached hydrogen (secondary N) is 1. The van der Waals surface area contributed by atoms with Gasteiger partial charge in [0.15, 0.2) is 0 Å². The number of methoxy groups -OCH3 is 1. The molecule has 110 valence electrons. The first-order valence-electron chi connectivity index (χ1n) is 6.90. The van der Waals surface area contributed by atoms with Crippen molar-refractivity contribution in [3.05, 3.63) is 58.8 Å². The number of pyridine rings is 1. The van der Waals surface area contributed by atoms with E-state index in [0.29, 0.717) is 5.56 Å². The van der Waals surface area contributed by atoms with Crippen molar-refractivity contribution < 1.29 is 9.53 Å². The second-order valence-electron chi connectivity index (χ2n) is 5.08. The number of nitrogens with zero attached hydrogens (tertiary/aromatic N) is 1. The van der Waals surface area contributed by atoms with Crippen LogP contribution in [0.3, 0.4) is 0 Å². The molecular formula is C17H20N2O2. The Hall–Kier alpha value is -2.36. The zero-order valence-electron chi connectivity index (χ0n) is 12.8. The number of hydrogen-bond acceptors (Lipinski definition) is 4. The molecule has 1 heterocycles. The zero-order valence-corrected chi connectivity index (χ0v) is 12.8. The highest BCUT2D eigenvalue weighted by atomic mass is 16.5. The number of aryl methyl sites for hydroxylation is 1. The maximum Gasteiger partial charge on any atom is 0.337 e. The third kappa shape index (κ3) is 3.40. The predicted molar refractivity (Wildman–Crippen MR) is 83.5 cm³/mol. The number of carbonyl (C=O) groups excluding carboxylic acids is 1. The van der Waals surface area contributed by atoms with E-state index in [1.165, 1.54) is 12.7 Å². The van der Waals surface area contributed by atoms with Crippen LogP contribution in [0.25, 0.3) is 0 Å². The van der Waals surface area contributed by atoms with Crippen LogP contribution in [0, 0.1) is 13.8 Å². The van der Waals surface area contributed by atoms with Gasteiger partial charge in [0.25, 0.3) is 0 Å². The van der Waals surface area contributed by atoms with Crippen molar-refractivity contribution in [2.45, 2.75) is 26.8 Å². The highest BCUT2D eigenvalue weighted by Crippen LogP contribution is 2.22. The Morgan fingerprint density at radius 3 is 2.48 bits per heavy atom. The molecule has 0 saturated heterocycles. The highest BCUT2D eigenvalue weighted by molar-refractivity contribution is 5.89. The fourth-order valence-corrected chi connectivity index (χ4v) is 2.09. The SMILES string of the molecule is COC(=O)c1ccc(C(C)Nc2nccc(C)c2C)cc1. The van der Waals surface area contributed by atoms with Gasteiger partial charge >= 0.3 is 5.97 Å². The molecule has 0 spiro atoms. The Balaban J connectivity index is 2.15. The van der Waals surface area contributed by atoms with Crippen molar-refractivity contribution in [3.8, 4) is 0 Å². The Morgan fingerprint density at radius 2 is 1.86 bits per heavy atom. The largest absolute Gasteiger partial charge is 0.465 e. The summed E-state index contributed by atoms with van der Waals surface area (Å²) in [4.78, 5) is 15.8. The molecule has 1 unspecified atom stereocenters. The Labute approximate surface area is 125 Å². The van der Waals surface area contributed by atoms with Crippen LogP contribution < -0.4 is 5.32 Å². The number of aromatic nitrogens is 1. The van der Waals surface area contributed by atoms with Gasteiger partial charge in [0.2, 0.25) is 0 Å². The van der Waals surface area contributed by atoms with Gasteiger partial charge in [-0.25, -0.2) is 9.78 Å². The molecule has 1 atom stereocenters. The number of benzene rings is 1. The average Bonchev–Trinajstić information content (AvgIpc) is 2.51. The van der Waals surface area contributed by atoms with Crippen molar-refractivity contribution in [2.24, 2.45) is 0 Å². The van der Waals surface area contributed by atoms with Crippen molar-refractivity contribution in [1.82, 2.24) is 4.98 Å². The minimum absolute atomic E-state index is 0.102. The molecular weight excluding hydrogens is 264 g/mol. The molecule has 0 aliphatic heterocycles. The average molecular weight is 284 g/mol. The van der Waals surface area contributed by atoms with Crippen LogP contribution in [0.5, 0.6) is 0 Å². The van der Waals surface area contributed by atoms with E-state index >= 15 is 0 Å². The quantitative estimate of drug-likeness (QED) is 0.871. The van der Waals surface area contributed by atoms with Crippen molar-refractivity contribution in [2.75, 3.05) is 12.4 Å². The topological polar surface area (TPSA) is 51.2 Å². The molecule has 2 rings (SSSR count). The van der Waals surface area contributed by atoms with Crippen molar-refractivity contribution in [1.29, 1.82) is 0 Å². The van der Waals surface area contributed by atoms with E-state index in [1.54, 1.807) is 18.3 Å². The van der Waals surface area contributed by atoms with Crippen LogP contribution >= 0.6 is 0 Å². The first-order chi connectivity index (χ1) is 10.0. The van der Waals surface area contributed by atoms with Crippen LogP contribution in [-0.2, 0) is 4.74 Å². The summed E-state index contributed by atoms with van der Waals surface area (Å²) in [6.45, 7) is 6.19. The molecule has 2 aromatic rings. The molecule has 1 N–H and O–H groups in total. The number of carbonyl (C=O) groups is 1. The molecule has 0 radical (unpaired) electrons. The summed E-state index contributed by atoms with van der Waals surface area (Å²) in [6.07, 6.45) is 1.80. The van der Waals surface area contributed by atoms with E-state index in [2.05, 4.69) is 31.1 Å². The lowest BCUT2D eigenvalue weighted by Gasteiger charge is -2.17. The minimum atomic E-state index is -0.321. The van der Waals surface area contributed by atoms with Gasteiger partial charge in [-0.3, -0.25) is 0 Å². The fraction of sp³-hybridized carbons (Fsp3) is 0.294. The van der Waals surface area contributed by atoms with Crippen LogP contribution in [-0.4, -0.2) is 18.1 Å². The van der Waals surface area contributed by atoms with E-state index in [4.69, 9.17) is 4.74 Å². The second-order valence-corrected chi connectivity index (χ2v) is 5.08. The monoisotopic (exact) mass is 284 g/mol. The lowest BCUT2D eigenvalue weighted by Crippen LogP contribution is -2.10. The highest BCUT2D eigenvalue weighted by Gasteiger charge is 2.10. The van der Waals surface area contributed by atoms with Gasteiger partial charge in [-0.1, -0.05) is 12.1 Å². The van der Waals surface area contributed by atoms with E-state index in [0.717, 1.165) is 16.9 Å². The molecule has 4 heteroatoms. The maximum absolute atomic E-state index is 11.4. The van der Waals surface area contributed by atoms with Crippen molar-refractivity contribution >= 4 is 11.8 Å². The third-order valence-corrected chi connectivity index (χ3v) is 3.66.